The molecule has 2 rings (SSSR count). The van der Waals surface area contributed by atoms with Gasteiger partial charge in [-0.2, -0.15) is 0 Å². The molecule has 0 saturated carbocycles. The third kappa shape index (κ3) is 11.8. The number of allylic oxidation sites excluding steroid dienone is 2. The van der Waals surface area contributed by atoms with Gasteiger partial charge in [0, 0.05) is 25.2 Å². The Bertz CT molecular complexity index is 797. The minimum atomic E-state index is -0.201. The lowest BCUT2D eigenvalue weighted by Gasteiger charge is -2.07. The minimum absolute atomic E-state index is 0.201. The van der Waals surface area contributed by atoms with Crippen molar-refractivity contribution >= 4 is 5.97 Å². The number of benzene rings is 1. The number of rotatable bonds is 17. The number of unbranched alkanes of at least 4 members (excludes halogenated alkanes) is 5. The molecule has 0 aliphatic carbocycles. The molecule has 33 heavy (non-hydrogen) atoms. The molecule has 1 aromatic heterocycles. The van der Waals surface area contributed by atoms with Crippen molar-refractivity contribution in [3.8, 4) is 17.0 Å². The Hall–Kier alpha value is -2.46. The summed E-state index contributed by atoms with van der Waals surface area (Å²) in [5.41, 5.74) is 3.30. The molecule has 1 aromatic carbocycles. The van der Waals surface area contributed by atoms with Crippen LogP contribution < -0.4 is 4.74 Å². The van der Waals surface area contributed by atoms with Gasteiger partial charge in [-0.15, -0.1) is 0 Å². The fourth-order valence-corrected chi connectivity index (χ4v) is 3.51. The number of hydrogen-bond donors (Lipinski definition) is 0. The lowest BCUT2D eigenvalue weighted by atomic mass is 10.0. The van der Waals surface area contributed by atoms with Crippen LogP contribution in [0.5, 0.6) is 5.75 Å². The average Bonchev–Trinajstić information content (AvgIpc) is 2.84. The van der Waals surface area contributed by atoms with E-state index in [2.05, 4.69) is 55.2 Å². The molecule has 1 heterocycles. The van der Waals surface area contributed by atoms with Gasteiger partial charge in [0.15, 0.2) is 0 Å². The molecule has 4 heteroatoms. The zero-order chi connectivity index (χ0) is 23.6. The van der Waals surface area contributed by atoms with Crippen LogP contribution in [0.4, 0.5) is 0 Å². The molecule has 0 amide bonds. The zero-order valence-corrected chi connectivity index (χ0v) is 20.6. The van der Waals surface area contributed by atoms with Gasteiger partial charge >= 0.3 is 5.97 Å². The van der Waals surface area contributed by atoms with Crippen molar-refractivity contribution < 1.29 is 14.3 Å². The van der Waals surface area contributed by atoms with E-state index in [0.717, 1.165) is 63.0 Å². The van der Waals surface area contributed by atoms with Crippen LogP contribution in [0.15, 0.2) is 54.7 Å². The SMILES string of the molecule is CCCC/C=C\CCCC(=O)Oc1ccc(-c2ccc(CCCCCOCCC)cc2)nc1. The number of ether oxygens (including phenoxy) is 2. The predicted molar refractivity (Wildman–Crippen MR) is 136 cm³/mol. The van der Waals surface area contributed by atoms with Crippen molar-refractivity contribution in [3.05, 3.63) is 60.3 Å². The van der Waals surface area contributed by atoms with E-state index in [1.807, 2.05) is 12.1 Å². The maximum Gasteiger partial charge on any atom is 0.311 e. The van der Waals surface area contributed by atoms with Gasteiger partial charge < -0.3 is 9.47 Å². The quantitative estimate of drug-likeness (QED) is 0.140. The number of aryl methyl sites for hydroxylation is 1. The number of carbonyl (C=O) groups is 1. The lowest BCUT2D eigenvalue weighted by Crippen LogP contribution is -2.07. The summed E-state index contributed by atoms with van der Waals surface area (Å²) in [7, 11) is 0. The van der Waals surface area contributed by atoms with E-state index in [4.69, 9.17) is 9.47 Å². The van der Waals surface area contributed by atoms with Crippen molar-refractivity contribution in [2.45, 2.75) is 84.5 Å². The first-order valence-electron chi connectivity index (χ1n) is 12.7. The van der Waals surface area contributed by atoms with Crippen LogP contribution in [-0.2, 0) is 16.0 Å². The van der Waals surface area contributed by atoms with E-state index in [9.17, 15) is 4.79 Å². The number of pyridine rings is 1. The maximum absolute atomic E-state index is 12.0. The van der Waals surface area contributed by atoms with E-state index >= 15 is 0 Å². The number of nitrogens with zero attached hydrogens (tertiary/aromatic N) is 1. The molecular formula is C29H41NO3. The Kier molecular flexibility index (Phi) is 13.9. The molecular weight excluding hydrogens is 410 g/mol. The Morgan fingerprint density at radius 1 is 0.848 bits per heavy atom. The summed E-state index contributed by atoms with van der Waals surface area (Å²) in [6.07, 6.45) is 17.4. The second-order valence-corrected chi connectivity index (χ2v) is 8.48. The fourth-order valence-electron chi connectivity index (χ4n) is 3.51. The Balaban J connectivity index is 1.69. The van der Waals surface area contributed by atoms with Crippen LogP contribution in [0, 0.1) is 0 Å². The van der Waals surface area contributed by atoms with E-state index in [1.165, 1.54) is 31.2 Å². The van der Waals surface area contributed by atoms with Crippen LogP contribution in [0.2, 0.25) is 0 Å². The summed E-state index contributed by atoms with van der Waals surface area (Å²) in [5, 5.41) is 0. The van der Waals surface area contributed by atoms with Crippen LogP contribution >= 0.6 is 0 Å². The average molecular weight is 452 g/mol. The van der Waals surface area contributed by atoms with Crippen molar-refractivity contribution in [2.75, 3.05) is 13.2 Å². The number of carbonyl (C=O) groups excluding carboxylic acids is 1. The summed E-state index contributed by atoms with van der Waals surface area (Å²) >= 11 is 0. The number of aromatic nitrogens is 1. The summed E-state index contributed by atoms with van der Waals surface area (Å²) < 4.78 is 10.9. The third-order valence-corrected chi connectivity index (χ3v) is 5.46. The van der Waals surface area contributed by atoms with E-state index < -0.39 is 0 Å². The van der Waals surface area contributed by atoms with Gasteiger partial charge in [-0.3, -0.25) is 9.78 Å². The first-order valence-corrected chi connectivity index (χ1v) is 12.7. The molecule has 0 aliphatic rings. The lowest BCUT2D eigenvalue weighted by molar-refractivity contribution is -0.134. The normalized spacial score (nSPS) is 11.2. The van der Waals surface area contributed by atoms with Crippen molar-refractivity contribution in [2.24, 2.45) is 0 Å². The van der Waals surface area contributed by atoms with E-state index in [-0.39, 0.29) is 5.97 Å². The number of hydrogen-bond acceptors (Lipinski definition) is 4. The second kappa shape index (κ2) is 17.1. The van der Waals surface area contributed by atoms with E-state index in [1.54, 1.807) is 6.20 Å². The summed E-state index contributed by atoms with van der Waals surface area (Å²) in [5.74, 6) is 0.301. The van der Waals surface area contributed by atoms with Crippen LogP contribution in [0.25, 0.3) is 11.3 Å². The van der Waals surface area contributed by atoms with Crippen LogP contribution in [0.3, 0.4) is 0 Å². The van der Waals surface area contributed by atoms with E-state index in [0.29, 0.717) is 12.2 Å². The Labute approximate surface area is 200 Å². The highest BCUT2D eigenvalue weighted by atomic mass is 16.5. The first kappa shape index (κ1) is 26.8. The molecule has 0 aliphatic heterocycles. The van der Waals surface area contributed by atoms with Gasteiger partial charge in [-0.05, 0) is 62.6 Å². The standard InChI is InChI=1S/C29H41NO3/c1-3-5-6-7-8-9-12-15-29(31)33-27-20-21-28(30-24-27)26-18-16-25(17-19-26)14-11-10-13-23-32-22-4-2/h7-8,16-21,24H,3-6,9-15,22-23H2,1-2H3/b8-7-. The van der Waals surface area contributed by atoms with Crippen LogP contribution in [0.1, 0.15) is 83.6 Å². The zero-order valence-electron chi connectivity index (χ0n) is 20.6. The van der Waals surface area contributed by atoms with Crippen molar-refractivity contribution in [3.63, 3.8) is 0 Å². The molecule has 0 fully saturated rings. The smallest absolute Gasteiger partial charge is 0.311 e. The topological polar surface area (TPSA) is 48.4 Å². The molecule has 0 radical (unpaired) electrons. The second-order valence-electron chi connectivity index (χ2n) is 8.48. The van der Waals surface area contributed by atoms with Gasteiger partial charge in [0.2, 0.25) is 0 Å². The third-order valence-electron chi connectivity index (χ3n) is 5.46. The van der Waals surface area contributed by atoms with Crippen LogP contribution in [-0.4, -0.2) is 24.2 Å². The van der Waals surface area contributed by atoms with Gasteiger partial charge in [0.25, 0.3) is 0 Å². The van der Waals surface area contributed by atoms with Gasteiger partial charge in [0.05, 0.1) is 11.9 Å². The monoisotopic (exact) mass is 451 g/mol. The van der Waals surface area contributed by atoms with Gasteiger partial charge in [-0.1, -0.05) is 69.5 Å². The summed E-state index contributed by atoms with van der Waals surface area (Å²) in [6, 6.07) is 12.3. The molecule has 0 atom stereocenters. The molecule has 0 unspecified atom stereocenters. The van der Waals surface area contributed by atoms with Crippen molar-refractivity contribution in [1.82, 2.24) is 4.98 Å². The molecule has 0 spiro atoms. The Morgan fingerprint density at radius 2 is 1.64 bits per heavy atom. The van der Waals surface area contributed by atoms with Crippen molar-refractivity contribution in [1.29, 1.82) is 0 Å². The largest absolute Gasteiger partial charge is 0.425 e. The molecule has 0 saturated heterocycles. The van der Waals surface area contributed by atoms with Gasteiger partial charge in [0.1, 0.15) is 5.75 Å². The molecule has 0 bridgehead atoms. The molecule has 2 aromatic rings. The summed E-state index contributed by atoms with van der Waals surface area (Å²) in [4.78, 5) is 16.5. The highest BCUT2D eigenvalue weighted by Gasteiger charge is 2.06. The minimum Gasteiger partial charge on any atom is -0.425 e. The molecule has 0 N–H and O–H groups in total. The van der Waals surface area contributed by atoms with Gasteiger partial charge in [-0.25, -0.2) is 0 Å². The highest BCUT2D eigenvalue weighted by molar-refractivity contribution is 5.72. The molecule has 4 nitrogen and oxygen atoms in total. The maximum atomic E-state index is 12.0. The first-order chi connectivity index (χ1) is 16.2. The fraction of sp³-hybridized carbons (Fsp3) is 0.517. The highest BCUT2D eigenvalue weighted by Crippen LogP contribution is 2.21. The Morgan fingerprint density at radius 3 is 2.33 bits per heavy atom. The summed E-state index contributed by atoms with van der Waals surface area (Å²) in [6.45, 7) is 6.08. The predicted octanol–water partition coefficient (Wildman–Crippen LogP) is 7.71. The number of esters is 1. The molecule has 180 valence electrons.